The second-order valence-corrected chi connectivity index (χ2v) is 2.63. The Labute approximate surface area is 59.1 Å². The molecule has 1 saturated heterocycles. The molecule has 0 aromatic rings. The number of rotatable bonds is 0. The first-order valence-corrected chi connectivity index (χ1v) is 3.31. The van der Waals surface area contributed by atoms with E-state index >= 15 is 0 Å². The highest BCUT2D eigenvalue weighted by molar-refractivity contribution is 4.77. The molecule has 0 radical (unpaired) electrons. The third-order valence-electron chi connectivity index (χ3n) is 1.63. The minimum absolute atomic E-state index is 0.187. The zero-order valence-corrected chi connectivity index (χ0v) is 5.77. The normalized spacial score (nSPS) is 49.2. The van der Waals surface area contributed by atoms with Crippen molar-refractivity contribution in [3.8, 4) is 0 Å². The summed E-state index contributed by atoms with van der Waals surface area (Å²) >= 11 is 0. The van der Waals surface area contributed by atoms with Crippen LogP contribution in [0.2, 0.25) is 0 Å². The Kier molecular flexibility index (Phi) is 2.25. The van der Waals surface area contributed by atoms with Gasteiger partial charge in [0.1, 0.15) is 6.10 Å². The van der Waals surface area contributed by atoms with Crippen molar-refractivity contribution in [3.63, 3.8) is 0 Å². The van der Waals surface area contributed by atoms with Crippen molar-refractivity contribution in [3.05, 3.63) is 0 Å². The first-order chi connectivity index (χ1) is 4.61. The fourth-order valence-corrected chi connectivity index (χ4v) is 1.04. The van der Waals surface area contributed by atoms with E-state index in [0.717, 1.165) is 0 Å². The van der Waals surface area contributed by atoms with E-state index in [2.05, 4.69) is 0 Å². The van der Waals surface area contributed by atoms with E-state index in [1.807, 2.05) is 0 Å². The molecule has 3 N–H and O–H groups in total. The fraction of sp³-hybridized carbons (Fsp3) is 1.00. The second-order valence-electron chi connectivity index (χ2n) is 2.63. The molecule has 0 saturated carbocycles. The van der Waals surface area contributed by atoms with Crippen LogP contribution in [-0.2, 0) is 4.74 Å². The van der Waals surface area contributed by atoms with Crippen LogP contribution in [0.1, 0.15) is 13.3 Å². The standard InChI is InChI=1S/C6H12O4/c1-3-2-4(7)5(8)6(9)10-3/h3-9H,2H2,1H3/t3-,4-,5-,6-/m1/s1. The third kappa shape index (κ3) is 1.46. The van der Waals surface area contributed by atoms with E-state index in [0.29, 0.717) is 6.42 Å². The van der Waals surface area contributed by atoms with E-state index in [4.69, 9.17) is 20.1 Å². The Bertz CT molecular complexity index is 104. The fourth-order valence-electron chi connectivity index (χ4n) is 1.04. The summed E-state index contributed by atoms with van der Waals surface area (Å²) in [5, 5.41) is 26.9. The van der Waals surface area contributed by atoms with Crippen LogP contribution in [-0.4, -0.2) is 39.9 Å². The van der Waals surface area contributed by atoms with Crippen molar-refractivity contribution in [1.29, 1.82) is 0 Å². The van der Waals surface area contributed by atoms with Crippen LogP contribution in [0.5, 0.6) is 0 Å². The Morgan fingerprint density at radius 3 is 2.40 bits per heavy atom. The molecule has 0 aliphatic carbocycles. The number of aliphatic hydroxyl groups excluding tert-OH is 3. The van der Waals surface area contributed by atoms with Gasteiger partial charge < -0.3 is 20.1 Å². The van der Waals surface area contributed by atoms with Crippen LogP contribution in [0.15, 0.2) is 0 Å². The average molecular weight is 148 g/mol. The van der Waals surface area contributed by atoms with Gasteiger partial charge in [-0.05, 0) is 6.92 Å². The quantitative estimate of drug-likeness (QED) is 0.405. The molecule has 0 unspecified atom stereocenters. The van der Waals surface area contributed by atoms with Gasteiger partial charge in [0.2, 0.25) is 0 Å². The van der Waals surface area contributed by atoms with E-state index in [-0.39, 0.29) is 6.10 Å². The van der Waals surface area contributed by atoms with Crippen LogP contribution < -0.4 is 0 Å². The van der Waals surface area contributed by atoms with Crippen molar-refractivity contribution < 1.29 is 20.1 Å². The predicted molar refractivity (Wildman–Crippen MR) is 33.2 cm³/mol. The van der Waals surface area contributed by atoms with Crippen molar-refractivity contribution in [1.82, 2.24) is 0 Å². The summed E-state index contributed by atoms with van der Waals surface area (Å²) in [6.07, 6.45) is -3.07. The lowest BCUT2D eigenvalue weighted by Gasteiger charge is -2.32. The minimum Gasteiger partial charge on any atom is -0.390 e. The number of hydrogen-bond acceptors (Lipinski definition) is 4. The molecule has 1 fully saturated rings. The highest BCUT2D eigenvalue weighted by atomic mass is 16.6. The summed E-state index contributed by atoms with van der Waals surface area (Å²) in [7, 11) is 0. The molecule has 4 atom stereocenters. The Morgan fingerprint density at radius 1 is 1.30 bits per heavy atom. The van der Waals surface area contributed by atoms with Gasteiger partial charge in [0.05, 0.1) is 12.2 Å². The molecule has 4 heteroatoms. The summed E-state index contributed by atoms with van der Waals surface area (Å²) in [5.41, 5.74) is 0. The Morgan fingerprint density at radius 2 is 1.90 bits per heavy atom. The molecule has 1 aliphatic heterocycles. The third-order valence-corrected chi connectivity index (χ3v) is 1.63. The molecule has 0 aromatic heterocycles. The lowest BCUT2D eigenvalue weighted by atomic mass is 10.0. The molecule has 0 bridgehead atoms. The SMILES string of the molecule is C[C@@H]1C[C@@H](O)[C@@H](O)[C@H](O)O1. The highest BCUT2D eigenvalue weighted by Gasteiger charge is 2.33. The largest absolute Gasteiger partial charge is 0.390 e. The van der Waals surface area contributed by atoms with Crippen LogP contribution in [0.25, 0.3) is 0 Å². The molecule has 0 aromatic carbocycles. The Balaban J connectivity index is 2.49. The molecule has 0 spiro atoms. The van der Waals surface area contributed by atoms with Crippen molar-refractivity contribution in [2.75, 3.05) is 0 Å². The summed E-state index contributed by atoms with van der Waals surface area (Å²) in [6.45, 7) is 1.73. The van der Waals surface area contributed by atoms with Gasteiger partial charge in [0.25, 0.3) is 0 Å². The van der Waals surface area contributed by atoms with Crippen molar-refractivity contribution >= 4 is 0 Å². The van der Waals surface area contributed by atoms with Gasteiger partial charge >= 0.3 is 0 Å². The predicted octanol–water partition coefficient (Wildman–Crippen LogP) is -1.16. The molecule has 10 heavy (non-hydrogen) atoms. The van der Waals surface area contributed by atoms with E-state index in [1.54, 1.807) is 6.92 Å². The van der Waals surface area contributed by atoms with E-state index < -0.39 is 18.5 Å². The van der Waals surface area contributed by atoms with Gasteiger partial charge in [-0.3, -0.25) is 0 Å². The first-order valence-electron chi connectivity index (χ1n) is 3.31. The van der Waals surface area contributed by atoms with Crippen molar-refractivity contribution in [2.24, 2.45) is 0 Å². The molecule has 1 rings (SSSR count). The van der Waals surface area contributed by atoms with E-state index in [1.165, 1.54) is 0 Å². The molecule has 1 heterocycles. The van der Waals surface area contributed by atoms with Crippen LogP contribution >= 0.6 is 0 Å². The molecule has 1 aliphatic rings. The number of hydrogen-bond donors (Lipinski definition) is 3. The van der Waals surface area contributed by atoms with Gasteiger partial charge in [0.15, 0.2) is 6.29 Å². The van der Waals surface area contributed by atoms with Gasteiger partial charge in [-0.1, -0.05) is 0 Å². The Hall–Kier alpha value is -0.160. The first kappa shape index (κ1) is 7.94. The lowest BCUT2D eigenvalue weighted by molar-refractivity contribution is -0.242. The molecule has 0 amide bonds. The van der Waals surface area contributed by atoms with Gasteiger partial charge in [-0.15, -0.1) is 0 Å². The zero-order chi connectivity index (χ0) is 7.72. The number of ether oxygens (including phenoxy) is 1. The summed E-state index contributed by atoms with van der Waals surface area (Å²) < 4.78 is 4.81. The minimum atomic E-state index is -1.24. The summed E-state index contributed by atoms with van der Waals surface area (Å²) in [6, 6.07) is 0. The molecule has 60 valence electrons. The second kappa shape index (κ2) is 2.84. The van der Waals surface area contributed by atoms with Crippen LogP contribution in [0.3, 0.4) is 0 Å². The molecule has 4 nitrogen and oxygen atoms in total. The highest BCUT2D eigenvalue weighted by Crippen LogP contribution is 2.17. The summed E-state index contributed by atoms with van der Waals surface area (Å²) in [5.74, 6) is 0. The van der Waals surface area contributed by atoms with Gasteiger partial charge in [0, 0.05) is 6.42 Å². The van der Waals surface area contributed by atoms with Gasteiger partial charge in [-0.25, -0.2) is 0 Å². The smallest absolute Gasteiger partial charge is 0.183 e. The average Bonchev–Trinajstić information content (AvgIpc) is 1.82. The van der Waals surface area contributed by atoms with Crippen molar-refractivity contribution in [2.45, 2.75) is 37.9 Å². The van der Waals surface area contributed by atoms with E-state index in [9.17, 15) is 0 Å². The zero-order valence-electron chi connectivity index (χ0n) is 5.77. The molecular formula is C6H12O4. The molecular weight excluding hydrogens is 136 g/mol. The summed E-state index contributed by atoms with van der Waals surface area (Å²) in [4.78, 5) is 0. The van der Waals surface area contributed by atoms with Crippen LogP contribution in [0.4, 0.5) is 0 Å². The van der Waals surface area contributed by atoms with Gasteiger partial charge in [-0.2, -0.15) is 0 Å². The lowest BCUT2D eigenvalue weighted by Crippen LogP contribution is -2.47. The maximum Gasteiger partial charge on any atom is 0.183 e. The van der Waals surface area contributed by atoms with Crippen LogP contribution in [0, 0.1) is 0 Å². The monoisotopic (exact) mass is 148 g/mol. The maximum atomic E-state index is 9.03. The maximum absolute atomic E-state index is 9.03. The topological polar surface area (TPSA) is 69.9 Å². The number of aliphatic hydroxyl groups is 3.